The SMILES string of the molecule is CN1CCc2c(OCC(=O)Nc3ccc(Br)cc3)cccc2C1=O. The van der Waals surface area contributed by atoms with Crippen LogP contribution in [0.1, 0.15) is 15.9 Å². The summed E-state index contributed by atoms with van der Waals surface area (Å²) in [5.41, 5.74) is 2.23. The van der Waals surface area contributed by atoms with Crippen molar-refractivity contribution in [2.24, 2.45) is 0 Å². The number of hydrogen-bond donors (Lipinski definition) is 1. The lowest BCUT2D eigenvalue weighted by Crippen LogP contribution is -2.34. The highest BCUT2D eigenvalue weighted by Crippen LogP contribution is 2.27. The lowest BCUT2D eigenvalue weighted by molar-refractivity contribution is -0.118. The summed E-state index contributed by atoms with van der Waals surface area (Å²) in [6.45, 7) is 0.549. The van der Waals surface area contributed by atoms with Gasteiger partial charge in [0, 0.05) is 34.9 Å². The van der Waals surface area contributed by atoms with Crippen molar-refractivity contribution in [1.29, 1.82) is 0 Å². The third kappa shape index (κ3) is 3.59. The summed E-state index contributed by atoms with van der Waals surface area (Å²) in [4.78, 5) is 25.9. The maximum Gasteiger partial charge on any atom is 0.262 e. The van der Waals surface area contributed by atoms with Gasteiger partial charge in [0.1, 0.15) is 5.75 Å². The van der Waals surface area contributed by atoms with Crippen molar-refractivity contribution in [3.8, 4) is 5.75 Å². The second-order valence-corrected chi connectivity index (χ2v) is 6.52. The summed E-state index contributed by atoms with van der Waals surface area (Å²) in [5.74, 6) is 0.343. The molecule has 5 nitrogen and oxygen atoms in total. The van der Waals surface area contributed by atoms with Crippen LogP contribution in [-0.2, 0) is 11.2 Å². The lowest BCUT2D eigenvalue weighted by atomic mass is 9.98. The fourth-order valence-corrected chi connectivity index (χ4v) is 2.88. The molecule has 1 aliphatic heterocycles. The molecular weight excluding hydrogens is 372 g/mol. The summed E-state index contributed by atoms with van der Waals surface area (Å²) in [5, 5.41) is 2.78. The number of rotatable bonds is 4. The van der Waals surface area contributed by atoms with Crippen molar-refractivity contribution in [3.05, 3.63) is 58.1 Å². The van der Waals surface area contributed by atoms with Crippen LogP contribution in [0.4, 0.5) is 5.69 Å². The smallest absolute Gasteiger partial charge is 0.262 e. The molecule has 24 heavy (non-hydrogen) atoms. The molecule has 0 fully saturated rings. The van der Waals surface area contributed by atoms with E-state index < -0.39 is 0 Å². The Morgan fingerprint density at radius 3 is 2.75 bits per heavy atom. The van der Waals surface area contributed by atoms with Gasteiger partial charge in [-0.1, -0.05) is 22.0 Å². The fraction of sp³-hybridized carbons (Fsp3) is 0.222. The molecular formula is C18H17BrN2O3. The van der Waals surface area contributed by atoms with Gasteiger partial charge < -0.3 is 15.0 Å². The Morgan fingerprint density at radius 2 is 2.00 bits per heavy atom. The lowest BCUT2D eigenvalue weighted by Gasteiger charge is -2.26. The van der Waals surface area contributed by atoms with E-state index in [1.54, 1.807) is 42.3 Å². The Kier molecular flexibility index (Phi) is 4.85. The summed E-state index contributed by atoms with van der Waals surface area (Å²) in [6, 6.07) is 12.7. The Bertz CT molecular complexity index is 774. The first-order valence-electron chi connectivity index (χ1n) is 7.60. The van der Waals surface area contributed by atoms with Crippen LogP contribution in [0.2, 0.25) is 0 Å². The molecule has 1 aliphatic rings. The summed E-state index contributed by atoms with van der Waals surface area (Å²) in [6.07, 6.45) is 0.724. The molecule has 0 aromatic heterocycles. The molecule has 0 saturated carbocycles. The number of carbonyl (C=O) groups is 2. The Balaban J connectivity index is 1.66. The minimum Gasteiger partial charge on any atom is -0.483 e. The largest absolute Gasteiger partial charge is 0.483 e. The van der Waals surface area contributed by atoms with E-state index in [-0.39, 0.29) is 18.4 Å². The van der Waals surface area contributed by atoms with Crippen molar-refractivity contribution in [2.45, 2.75) is 6.42 Å². The molecule has 6 heteroatoms. The number of anilines is 1. The number of nitrogens with zero attached hydrogens (tertiary/aromatic N) is 1. The number of carbonyl (C=O) groups excluding carboxylic acids is 2. The third-order valence-corrected chi connectivity index (χ3v) is 4.42. The molecule has 124 valence electrons. The maximum absolute atomic E-state index is 12.2. The monoisotopic (exact) mass is 388 g/mol. The first kappa shape index (κ1) is 16.5. The average Bonchev–Trinajstić information content (AvgIpc) is 2.58. The Labute approximate surface area is 148 Å². The van der Waals surface area contributed by atoms with Crippen molar-refractivity contribution in [1.82, 2.24) is 4.90 Å². The predicted molar refractivity (Wildman–Crippen MR) is 95.4 cm³/mol. The summed E-state index contributed by atoms with van der Waals surface area (Å²) >= 11 is 3.35. The molecule has 0 unspecified atom stereocenters. The van der Waals surface area contributed by atoms with E-state index in [0.717, 1.165) is 16.5 Å². The van der Waals surface area contributed by atoms with E-state index in [0.29, 0.717) is 23.5 Å². The molecule has 0 bridgehead atoms. The van der Waals surface area contributed by atoms with Gasteiger partial charge in [-0.25, -0.2) is 0 Å². The Morgan fingerprint density at radius 1 is 1.25 bits per heavy atom. The number of halogens is 1. The zero-order chi connectivity index (χ0) is 17.1. The normalized spacial score (nSPS) is 13.4. The van der Waals surface area contributed by atoms with Crippen molar-refractivity contribution in [2.75, 3.05) is 25.5 Å². The molecule has 0 aliphatic carbocycles. The molecule has 1 heterocycles. The molecule has 2 aromatic rings. The zero-order valence-electron chi connectivity index (χ0n) is 13.2. The van der Waals surface area contributed by atoms with Gasteiger partial charge in [0.15, 0.2) is 6.61 Å². The van der Waals surface area contributed by atoms with Crippen LogP contribution in [0.3, 0.4) is 0 Å². The van der Waals surface area contributed by atoms with Gasteiger partial charge in [0.2, 0.25) is 0 Å². The number of fused-ring (bicyclic) bond motifs is 1. The number of nitrogens with one attached hydrogen (secondary N) is 1. The van der Waals surface area contributed by atoms with Gasteiger partial charge in [-0.3, -0.25) is 9.59 Å². The van der Waals surface area contributed by atoms with E-state index >= 15 is 0 Å². The quantitative estimate of drug-likeness (QED) is 0.875. The third-order valence-electron chi connectivity index (χ3n) is 3.89. The van der Waals surface area contributed by atoms with Crippen molar-refractivity contribution >= 4 is 33.4 Å². The van der Waals surface area contributed by atoms with Gasteiger partial charge in [-0.05, 0) is 42.8 Å². The van der Waals surface area contributed by atoms with Crippen LogP contribution in [0.5, 0.6) is 5.75 Å². The van der Waals surface area contributed by atoms with Crippen LogP contribution < -0.4 is 10.1 Å². The van der Waals surface area contributed by atoms with Gasteiger partial charge in [-0.15, -0.1) is 0 Å². The Hall–Kier alpha value is -2.34. The first-order valence-corrected chi connectivity index (χ1v) is 8.39. The number of hydrogen-bond acceptors (Lipinski definition) is 3. The van der Waals surface area contributed by atoms with E-state index in [4.69, 9.17) is 4.74 Å². The minimum absolute atomic E-state index is 0.0129. The number of likely N-dealkylation sites (N-methyl/N-ethyl adjacent to an activating group) is 1. The van der Waals surface area contributed by atoms with Gasteiger partial charge in [0.25, 0.3) is 11.8 Å². The van der Waals surface area contributed by atoms with Gasteiger partial charge in [-0.2, -0.15) is 0 Å². The average molecular weight is 389 g/mol. The number of benzene rings is 2. The van der Waals surface area contributed by atoms with Gasteiger partial charge >= 0.3 is 0 Å². The van der Waals surface area contributed by atoms with Crippen molar-refractivity contribution < 1.29 is 14.3 Å². The van der Waals surface area contributed by atoms with E-state index in [1.807, 2.05) is 12.1 Å². The molecule has 0 atom stereocenters. The van der Waals surface area contributed by atoms with E-state index in [2.05, 4.69) is 21.2 Å². The highest BCUT2D eigenvalue weighted by Gasteiger charge is 2.24. The van der Waals surface area contributed by atoms with Crippen molar-refractivity contribution in [3.63, 3.8) is 0 Å². The van der Waals surface area contributed by atoms with E-state index in [1.165, 1.54) is 0 Å². The highest BCUT2D eigenvalue weighted by atomic mass is 79.9. The molecule has 1 N–H and O–H groups in total. The molecule has 0 spiro atoms. The predicted octanol–water partition coefficient (Wildman–Crippen LogP) is 3.09. The highest BCUT2D eigenvalue weighted by molar-refractivity contribution is 9.10. The second kappa shape index (κ2) is 7.05. The van der Waals surface area contributed by atoms with Crippen LogP contribution in [0.25, 0.3) is 0 Å². The second-order valence-electron chi connectivity index (χ2n) is 5.60. The number of ether oxygens (including phenoxy) is 1. The first-order chi connectivity index (χ1) is 11.5. The summed E-state index contributed by atoms with van der Waals surface area (Å²) < 4.78 is 6.60. The van der Waals surface area contributed by atoms with Crippen LogP contribution in [0.15, 0.2) is 46.9 Å². The molecule has 0 saturated heterocycles. The minimum atomic E-state index is -0.242. The topological polar surface area (TPSA) is 58.6 Å². The molecule has 0 radical (unpaired) electrons. The summed E-state index contributed by atoms with van der Waals surface area (Å²) in [7, 11) is 1.78. The standard InChI is InChI=1S/C18H17BrN2O3/c1-21-10-9-14-15(18(21)23)3-2-4-16(14)24-11-17(22)20-13-7-5-12(19)6-8-13/h2-8H,9-11H2,1H3,(H,20,22). The molecule has 3 rings (SSSR count). The van der Waals surface area contributed by atoms with Crippen LogP contribution in [0, 0.1) is 0 Å². The zero-order valence-corrected chi connectivity index (χ0v) is 14.8. The molecule has 2 aromatic carbocycles. The van der Waals surface area contributed by atoms with Gasteiger partial charge in [0.05, 0.1) is 0 Å². The van der Waals surface area contributed by atoms with Crippen LogP contribution in [-0.4, -0.2) is 36.9 Å². The number of amides is 2. The maximum atomic E-state index is 12.2. The van der Waals surface area contributed by atoms with Crippen LogP contribution >= 0.6 is 15.9 Å². The molecule has 2 amide bonds. The fourth-order valence-electron chi connectivity index (χ4n) is 2.62. The van der Waals surface area contributed by atoms with E-state index in [9.17, 15) is 9.59 Å².